The summed E-state index contributed by atoms with van der Waals surface area (Å²) >= 11 is 0. The molecule has 1 amide bonds. The van der Waals surface area contributed by atoms with Crippen LogP contribution in [0.4, 0.5) is 0 Å². The molecule has 0 saturated carbocycles. The summed E-state index contributed by atoms with van der Waals surface area (Å²) in [5, 5.41) is 0.439. The van der Waals surface area contributed by atoms with Crippen molar-refractivity contribution >= 4 is 16.9 Å². The van der Waals surface area contributed by atoms with E-state index >= 15 is 0 Å². The van der Waals surface area contributed by atoms with Crippen LogP contribution in [0.15, 0.2) is 69.9 Å². The van der Waals surface area contributed by atoms with Crippen molar-refractivity contribution in [2.24, 2.45) is 0 Å². The third-order valence-corrected chi connectivity index (χ3v) is 7.01. The Bertz CT molecular complexity index is 1590. The lowest BCUT2D eigenvalue weighted by Crippen LogP contribution is -2.31. The Morgan fingerprint density at radius 3 is 2.38 bits per heavy atom. The first kappa shape index (κ1) is 27.1. The lowest BCUT2D eigenvalue weighted by Gasteiger charge is -2.26. The zero-order valence-corrected chi connectivity index (χ0v) is 23.2. The molecule has 3 aromatic carbocycles. The fourth-order valence-electron chi connectivity index (χ4n) is 5.12. The van der Waals surface area contributed by atoms with Crippen LogP contribution in [0.2, 0.25) is 0 Å². The number of methoxy groups -OCH3 is 2. The maximum Gasteiger partial charge on any atom is 0.290 e. The third kappa shape index (κ3) is 4.97. The molecule has 208 valence electrons. The highest BCUT2D eigenvalue weighted by molar-refractivity contribution is 5.99. The molecule has 0 saturated heterocycles. The summed E-state index contributed by atoms with van der Waals surface area (Å²) < 4.78 is 28.7. The Kier molecular flexibility index (Phi) is 7.96. The van der Waals surface area contributed by atoms with Crippen molar-refractivity contribution in [1.29, 1.82) is 0 Å². The van der Waals surface area contributed by atoms with E-state index in [1.54, 1.807) is 43.4 Å². The Hall–Kier alpha value is -4.46. The fourth-order valence-corrected chi connectivity index (χ4v) is 5.12. The van der Waals surface area contributed by atoms with Crippen molar-refractivity contribution in [2.45, 2.75) is 32.7 Å². The first-order chi connectivity index (χ1) is 19.5. The van der Waals surface area contributed by atoms with E-state index in [0.29, 0.717) is 65.7 Å². The van der Waals surface area contributed by atoms with Gasteiger partial charge >= 0.3 is 0 Å². The van der Waals surface area contributed by atoms with Crippen molar-refractivity contribution < 1.29 is 28.2 Å². The van der Waals surface area contributed by atoms with Crippen LogP contribution in [0, 0.1) is 0 Å². The average molecular weight is 544 g/mol. The predicted octanol–water partition coefficient (Wildman–Crippen LogP) is 5.79. The molecule has 0 spiro atoms. The minimum Gasteiger partial charge on any atom is -0.493 e. The number of para-hydroxylation sites is 1. The largest absolute Gasteiger partial charge is 0.493 e. The number of fused-ring (bicyclic) bond motifs is 2. The molecular formula is C32H33NO7. The molecule has 0 aliphatic carbocycles. The van der Waals surface area contributed by atoms with Crippen LogP contribution < -0.4 is 24.4 Å². The highest BCUT2D eigenvalue weighted by atomic mass is 16.5. The zero-order chi connectivity index (χ0) is 28.2. The van der Waals surface area contributed by atoms with Gasteiger partial charge in [0.05, 0.1) is 44.4 Å². The molecule has 0 fully saturated rings. The molecular weight excluding hydrogens is 510 g/mol. The number of benzene rings is 3. The first-order valence-corrected chi connectivity index (χ1v) is 13.5. The van der Waals surface area contributed by atoms with Gasteiger partial charge in [0.15, 0.2) is 28.4 Å². The summed E-state index contributed by atoms with van der Waals surface area (Å²) in [6, 6.07) is 17.6. The van der Waals surface area contributed by atoms with Gasteiger partial charge in [-0.05, 0) is 67.3 Å². The van der Waals surface area contributed by atoms with Crippen LogP contribution in [-0.2, 0) is 6.42 Å². The second-order valence-corrected chi connectivity index (χ2v) is 9.50. The molecule has 0 bridgehead atoms. The fraction of sp³-hybridized carbons (Fsp3) is 0.312. The summed E-state index contributed by atoms with van der Waals surface area (Å²) in [6.45, 7) is 5.28. The summed E-state index contributed by atoms with van der Waals surface area (Å²) in [7, 11) is 3.18. The Morgan fingerprint density at radius 1 is 0.850 bits per heavy atom. The van der Waals surface area contributed by atoms with Gasteiger partial charge in [0.1, 0.15) is 5.58 Å². The highest BCUT2D eigenvalue weighted by Gasteiger charge is 2.42. The van der Waals surface area contributed by atoms with Crippen molar-refractivity contribution in [2.75, 3.05) is 34.0 Å². The molecule has 1 aliphatic rings. The van der Waals surface area contributed by atoms with Crippen molar-refractivity contribution in [3.05, 3.63) is 93.3 Å². The predicted molar refractivity (Wildman–Crippen MR) is 152 cm³/mol. The molecule has 8 nitrogen and oxygen atoms in total. The molecule has 2 heterocycles. The number of hydrogen-bond acceptors (Lipinski definition) is 7. The van der Waals surface area contributed by atoms with E-state index < -0.39 is 6.04 Å². The van der Waals surface area contributed by atoms with Crippen molar-refractivity contribution in [1.82, 2.24) is 4.90 Å². The van der Waals surface area contributed by atoms with E-state index in [0.717, 1.165) is 17.5 Å². The molecule has 1 unspecified atom stereocenters. The van der Waals surface area contributed by atoms with Gasteiger partial charge in [-0.1, -0.05) is 31.2 Å². The topological polar surface area (TPSA) is 87.4 Å². The van der Waals surface area contributed by atoms with Crippen molar-refractivity contribution in [3.8, 4) is 23.0 Å². The monoisotopic (exact) mass is 543 g/mol. The second-order valence-electron chi connectivity index (χ2n) is 9.50. The molecule has 4 aromatic rings. The summed E-state index contributed by atoms with van der Waals surface area (Å²) in [5.74, 6) is 2.18. The van der Waals surface area contributed by atoms with E-state index in [9.17, 15) is 9.59 Å². The van der Waals surface area contributed by atoms with Crippen LogP contribution in [-0.4, -0.2) is 44.8 Å². The molecule has 5 rings (SSSR count). The molecule has 1 aromatic heterocycles. The maximum absolute atomic E-state index is 13.8. The molecule has 1 atom stereocenters. The van der Waals surface area contributed by atoms with Gasteiger partial charge in [0.2, 0.25) is 5.76 Å². The van der Waals surface area contributed by atoms with Gasteiger partial charge in [-0.3, -0.25) is 9.59 Å². The number of nitrogens with zero attached hydrogens (tertiary/aromatic N) is 1. The zero-order valence-electron chi connectivity index (χ0n) is 23.2. The Morgan fingerprint density at radius 2 is 1.62 bits per heavy atom. The number of rotatable bonds is 11. The Balaban J connectivity index is 1.59. The normalized spacial score (nSPS) is 14.3. The quantitative estimate of drug-likeness (QED) is 0.237. The highest BCUT2D eigenvalue weighted by Crippen LogP contribution is 2.41. The van der Waals surface area contributed by atoms with Crippen LogP contribution in [0.5, 0.6) is 23.0 Å². The molecule has 40 heavy (non-hydrogen) atoms. The van der Waals surface area contributed by atoms with Gasteiger partial charge in [-0.25, -0.2) is 0 Å². The number of amides is 1. The number of carbonyl (C=O) groups is 1. The van der Waals surface area contributed by atoms with Crippen molar-refractivity contribution in [3.63, 3.8) is 0 Å². The SMILES string of the molecule is CCCOc1ccc(C2c3c(oc4ccccc4c3=O)C(=O)N2CCc2ccc(OC)c(OC)c2)cc1OCC. The molecule has 1 aliphatic heterocycles. The lowest BCUT2D eigenvalue weighted by molar-refractivity contribution is 0.0729. The van der Waals surface area contributed by atoms with Gasteiger partial charge in [-0.2, -0.15) is 0 Å². The van der Waals surface area contributed by atoms with Gasteiger partial charge in [-0.15, -0.1) is 0 Å². The summed E-state index contributed by atoms with van der Waals surface area (Å²) in [6.07, 6.45) is 1.39. The van der Waals surface area contributed by atoms with Crippen LogP contribution in [0.3, 0.4) is 0 Å². The minimum atomic E-state index is -0.650. The van der Waals surface area contributed by atoms with E-state index in [1.807, 2.05) is 50.2 Å². The van der Waals surface area contributed by atoms with Gasteiger partial charge in [0, 0.05) is 6.54 Å². The van der Waals surface area contributed by atoms with E-state index in [1.165, 1.54) is 0 Å². The maximum atomic E-state index is 13.8. The van der Waals surface area contributed by atoms with Crippen LogP contribution >= 0.6 is 0 Å². The van der Waals surface area contributed by atoms with Crippen LogP contribution in [0.1, 0.15) is 53.6 Å². The number of hydrogen-bond donors (Lipinski definition) is 0. The van der Waals surface area contributed by atoms with Gasteiger partial charge < -0.3 is 28.3 Å². The summed E-state index contributed by atoms with van der Waals surface area (Å²) in [4.78, 5) is 29.3. The van der Waals surface area contributed by atoms with Crippen LogP contribution in [0.25, 0.3) is 11.0 Å². The summed E-state index contributed by atoms with van der Waals surface area (Å²) in [5.41, 5.74) is 2.21. The van der Waals surface area contributed by atoms with E-state index in [2.05, 4.69) is 0 Å². The number of ether oxygens (including phenoxy) is 4. The average Bonchev–Trinajstić information content (AvgIpc) is 3.26. The third-order valence-electron chi connectivity index (χ3n) is 7.01. The van der Waals surface area contributed by atoms with Gasteiger partial charge in [0.25, 0.3) is 5.91 Å². The van der Waals surface area contributed by atoms with E-state index in [-0.39, 0.29) is 17.1 Å². The first-order valence-electron chi connectivity index (χ1n) is 13.5. The standard InChI is InChI=1S/C32H33NO7/c1-5-17-39-25-14-12-21(19-27(25)38-6-2)29-28-30(34)22-9-7-8-10-23(22)40-31(28)32(35)33(29)16-15-20-11-13-24(36-3)26(18-20)37-4/h7-14,18-19,29H,5-6,15-17H2,1-4H3. The second kappa shape index (κ2) is 11.7. The van der Waals surface area contributed by atoms with E-state index in [4.69, 9.17) is 23.4 Å². The molecule has 8 heteroatoms. The smallest absolute Gasteiger partial charge is 0.290 e. The number of carbonyl (C=O) groups excluding carboxylic acids is 1. The lowest BCUT2D eigenvalue weighted by atomic mass is 9.97. The molecule has 0 radical (unpaired) electrons. The molecule has 0 N–H and O–H groups in total. The minimum absolute atomic E-state index is 0.0743. The Labute approximate surface area is 233 Å².